The average Bonchev–Trinajstić information content (AvgIpc) is 2.39. The second-order valence-corrected chi connectivity index (χ2v) is 3.85. The molecule has 0 aliphatic heterocycles. The Kier molecular flexibility index (Phi) is 3.56. The first kappa shape index (κ1) is 12.1. The van der Waals surface area contributed by atoms with E-state index in [4.69, 9.17) is 10.00 Å². The van der Waals surface area contributed by atoms with E-state index in [1.54, 1.807) is 49.5 Å². The third kappa shape index (κ3) is 2.84. The highest BCUT2D eigenvalue weighted by Crippen LogP contribution is 2.22. The molecule has 90 valence electrons. The van der Waals surface area contributed by atoms with Gasteiger partial charge in [-0.3, -0.25) is 0 Å². The molecule has 0 saturated carbocycles. The minimum Gasteiger partial charge on any atom is -0.439 e. The largest absolute Gasteiger partial charge is 0.439 e. The molecule has 18 heavy (non-hydrogen) atoms. The van der Waals surface area contributed by atoms with Crippen LogP contribution < -0.4 is 4.74 Å². The molecule has 0 amide bonds. The van der Waals surface area contributed by atoms with Crippen LogP contribution >= 0.6 is 0 Å². The van der Waals surface area contributed by atoms with Crippen molar-refractivity contribution in [3.8, 4) is 17.7 Å². The third-order valence-electron chi connectivity index (χ3n) is 2.43. The van der Waals surface area contributed by atoms with Crippen LogP contribution in [0.1, 0.15) is 24.2 Å². The van der Waals surface area contributed by atoms with Gasteiger partial charge in [0.05, 0.1) is 17.7 Å². The predicted molar refractivity (Wildman–Crippen MR) is 66.1 cm³/mol. The summed E-state index contributed by atoms with van der Waals surface area (Å²) in [7, 11) is 0. The summed E-state index contributed by atoms with van der Waals surface area (Å²) in [6, 6.07) is 12.3. The minimum absolute atomic E-state index is 0.392. The number of nitriles is 1. The summed E-state index contributed by atoms with van der Waals surface area (Å²) in [5, 5.41) is 18.3. The summed E-state index contributed by atoms with van der Waals surface area (Å²) in [5.74, 6) is 0.938. The Labute approximate surface area is 105 Å². The zero-order valence-electron chi connectivity index (χ0n) is 9.87. The summed E-state index contributed by atoms with van der Waals surface area (Å²) in [6.45, 7) is 1.68. The van der Waals surface area contributed by atoms with Gasteiger partial charge in [0.25, 0.3) is 0 Å². The third-order valence-corrected chi connectivity index (χ3v) is 2.43. The summed E-state index contributed by atoms with van der Waals surface area (Å²) >= 11 is 0. The lowest BCUT2D eigenvalue weighted by molar-refractivity contribution is 0.198. The van der Waals surface area contributed by atoms with E-state index in [1.165, 1.54) is 0 Å². The van der Waals surface area contributed by atoms with Crippen LogP contribution in [0.5, 0.6) is 11.6 Å². The number of aliphatic hydroxyl groups is 1. The fourth-order valence-electron chi connectivity index (χ4n) is 1.49. The number of aromatic nitrogens is 1. The van der Waals surface area contributed by atoms with Crippen LogP contribution in [0.15, 0.2) is 42.6 Å². The van der Waals surface area contributed by atoms with E-state index < -0.39 is 6.10 Å². The molecule has 0 spiro atoms. The average molecular weight is 240 g/mol. The van der Waals surface area contributed by atoms with Crippen LogP contribution in [0, 0.1) is 11.3 Å². The Morgan fingerprint density at radius 3 is 2.89 bits per heavy atom. The standard InChI is InChI=1S/C14H12N2O2/c1-10(17)12-5-6-16-14(8-12)18-13-4-2-3-11(7-13)9-15/h2-8,10,17H,1H3. The molecule has 1 aromatic heterocycles. The van der Waals surface area contributed by atoms with Crippen molar-refractivity contribution in [1.82, 2.24) is 4.98 Å². The van der Waals surface area contributed by atoms with Crippen molar-refractivity contribution >= 4 is 0 Å². The number of aliphatic hydroxyl groups excluding tert-OH is 1. The first-order valence-corrected chi connectivity index (χ1v) is 5.51. The molecule has 4 nitrogen and oxygen atoms in total. The van der Waals surface area contributed by atoms with Gasteiger partial charge >= 0.3 is 0 Å². The predicted octanol–water partition coefficient (Wildman–Crippen LogP) is 2.80. The number of nitrogens with zero attached hydrogens (tertiary/aromatic N) is 2. The summed E-state index contributed by atoms with van der Waals surface area (Å²) < 4.78 is 5.54. The number of hydrogen-bond donors (Lipinski definition) is 1. The van der Waals surface area contributed by atoms with E-state index in [0.29, 0.717) is 17.2 Å². The summed E-state index contributed by atoms with van der Waals surface area (Å²) in [6.07, 6.45) is 1.01. The van der Waals surface area contributed by atoms with Crippen molar-refractivity contribution in [3.63, 3.8) is 0 Å². The van der Waals surface area contributed by atoms with E-state index in [0.717, 1.165) is 5.56 Å². The van der Waals surface area contributed by atoms with Gasteiger partial charge in [0.1, 0.15) is 5.75 Å². The van der Waals surface area contributed by atoms with Crippen molar-refractivity contribution < 1.29 is 9.84 Å². The van der Waals surface area contributed by atoms with Crippen molar-refractivity contribution in [2.24, 2.45) is 0 Å². The molecule has 0 fully saturated rings. The molecule has 1 heterocycles. The van der Waals surface area contributed by atoms with Gasteiger partial charge in [-0.2, -0.15) is 5.26 Å². The van der Waals surface area contributed by atoms with Crippen LogP contribution in [-0.4, -0.2) is 10.1 Å². The Morgan fingerprint density at radius 2 is 2.17 bits per heavy atom. The van der Waals surface area contributed by atoms with Gasteiger partial charge in [0.2, 0.25) is 5.88 Å². The van der Waals surface area contributed by atoms with E-state index in [9.17, 15) is 5.11 Å². The number of benzene rings is 1. The molecule has 2 aromatic rings. The second kappa shape index (κ2) is 5.30. The van der Waals surface area contributed by atoms with Crippen molar-refractivity contribution in [3.05, 3.63) is 53.7 Å². The van der Waals surface area contributed by atoms with Gasteiger partial charge in [-0.15, -0.1) is 0 Å². The van der Waals surface area contributed by atoms with Crippen molar-refractivity contribution in [2.45, 2.75) is 13.0 Å². The monoisotopic (exact) mass is 240 g/mol. The highest BCUT2D eigenvalue weighted by molar-refractivity contribution is 5.38. The Hall–Kier alpha value is -2.38. The van der Waals surface area contributed by atoms with Crippen molar-refractivity contribution in [1.29, 1.82) is 5.26 Å². The summed E-state index contributed by atoms with van der Waals surface area (Å²) in [5.41, 5.74) is 1.26. The molecule has 0 saturated heterocycles. The lowest BCUT2D eigenvalue weighted by Gasteiger charge is -2.08. The van der Waals surface area contributed by atoms with E-state index in [1.807, 2.05) is 6.07 Å². The normalized spacial score (nSPS) is 11.6. The SMILES string of the molecule is CC(O)c1ccnc(Oc2cccc(C#N)c2)c1. The molecule has 1 aromatic carbocycles. The van der Waals surface area contributed by atoms with Crippen LogP contribution in [0.4, 0.5) is 0 Å². The molecular weight excluding hydrogens is 228 g/mol. The van der Waals surface area contributed by atoms with Crippen LogP contribution in [0.2, 0.25) is 0 Å². The maximum absolute atomic E-state index is 9.47. The van der Waals surface area contributed by atoms with Gasteiger partial charge in [-0.1, -0.05) is 6.07 Å². The smallest absolute Gasteiger partial charge is 0.219 e. The number of ether oxygens (including phenoxy) is 1. The molecule has 0 aliphatic rings. The number of hydrogen-bond acceptors (Lipinski definition) is 4. The maximum atomic E-state index is 9.47. The van der Waals surface area contributed by atoms with Gasteiger partial charge in [-0.25, -0.2) is 4.98 Å². The molecule has 1 unspecified atom stereocenters. The lowest BCUT2D eigenvalue weighted by atomic mass is 10.2. The second-order valence-electron chi connectivity index (χ2n) is 3.85. The van der Waals surface area contributed by atoms with Gasteiger partial charge < -0.3 is 9.84 Å². The molecule has 0 aliphatic carbocycles. The molecule has 1 atom stereocenters. The topological polar surface area (TPSA) is 66.1 Å². The van der Waals surface area contributed by atoms with Crippen LogP contribution in [-0.2, 0) is 0 Å². The van der Waals surface area contributed by atoms with Gasteiger partial charge in [-0.05, 0) is 36.8 Å². The van der Waals surface area contributed by atoms with Gasteiger partial charge in [0.15, 0.2) is 0 Å². The van der Waals surface area contributed by atoms with E-state index in [-0.39, 0.29) is 0 Å². The lowest BCUT2D eigenvalue weighted by Crippen LogP contribution is -1.94. The number of pyridine rings is 1. The molecular formula is C14H12N2O2. The van der Waals surface area contributed by atoms with Gasteiger partial charge in [0, 0.05) is 12.3 Å². The molecule has 2 rings (SSSR count). The molecule has 4 heteroatoms. The highest BCUT2D eigenvalue weighted by Gasteiger charge is 2.04. The quantitative estimate of drug-likeness (QED) is 0.895. The van der Waals surface area contributed by atoms with Crippen LogP contribution in [0.25, 0.3) is 0 Å². The molecule has 0 radical (unpaired) electrons. The zero-order chi connectivity index (χ0) is 13.0. The summed E-state index contributed by atoms with van der Waals surface area (Å²) in [4.78, 5) is 4.06. The first-order valence-electron chi connectivity index (χ1n) is 5.51. The molecule has 0 bridgehead atoms. The maximum Gasteiger partial charge on any atom is 0.219 e. The first-order chi connectivity index (χ1) is 8.69. The zero-order valence-corrected chi connectivity index (χ0v) is 9.87. The van der Waals surface area contributed by atoms with E-state index >= 15 is 0 Å². The fraction of sp³-hybridized carbons (Fsp3) is 0.143. The van der Waals surface area contributed by atoms with E-state index in [2.05, 4.69) is 4.98 Å². The molecule has 1 N–H and O–H groups in total. The Morgan fingerprint density at radius 1 is 1.33 bits per heavy atom. The fourth-order valence-corrected chi connectivity index (χ4v) is 1.49. The minimum atomic E-state index is -0.569. The number of rotatable bonds is 3. The Bertz CT molecular complexity index is 588. The highest BCUT2D eigenvalue weighted by atomic mass is 16.5. The van der Waals surface area contributed by atoms with Crippen molar-refractivity contribution in [2.75, 3.05) is 0 Å². The van der Waals surface area contributed by atoms with Crippen LogP contribution in [0.3, 0.4) is 0 Å². The Balaban J connectivity index is 2.23.